The maximum Gasteiger partial charge on any atom is 0.123 e. The monoisotopic (exact) mass is 225 g/mol. The van der Waals surface area contributed by atoms with Gasteiger partial charge in [-0.1, -0.05) is 31.9 Å². The highest BCUT2D eigenvalue weighted by Crippen LogP contribution is 2.22. The van der Waals surface area contributed by atoms with Gasteiger partial charge < -0.3 is 10.8 Å². The molecule has 0 aliphatic carbocycles. The smallest absolute Gasteiger partial charge is 0.123 e. The number of hydrogen-bond acceptors (Lipinski definition) is 2. The van der Waals surface area contributed by atoms with Crippen LogP contribution in [0, 0.1) is 5.82 Å². The van der Waals surface area contributed by atoms with Gasteiger partial charge in [0.2, 0.25) is 0 Å². The van der Waals surface area contributed by atoms with Crippen molar-refractivity contribution in [2.24, 2.45) is 5.73 Å². The second-order valence-electron chi connectivity index (χ2n) is 4.10. The van der Waals surface area contributed by atoms with Crippen LogP contribution in [0.1, 0.15) is 37.7 Å². The first-order valence-electron chi connectivity index (χ1n) is 5.82. The molecular formula is C13H20FNO. The van der Waals surface area contributed by atoms with Crippen LogP contribution < -0.4 is 5.73 Å². The summed E-state index contributed by atoms with van der Waals surface area (Å²) in [6.45, 7) is 2.47. The molecule has 2 atom stereocenters. The van der Waals surface area contributed by atoms with Gasteiger partial charge in [-0.2, -0.15) is 0 Å². The molecule has 16 heavy (non-hydrogen) atoms. The first-order chi connectivity index (χ1) is 7.69. The first kappa shape index (κ1) is 13.1. The van der Waals surface area contributed by atoms with E-state index in [-0.39, 0.29) is 11.7 Å². The number of unbranched alkanes of at least 4 members (excludes halogenated alkanes) is 1. The van der Waals surface area contributed by atoms with E-state index in [1.807, 2.05) is 0 Å². The van der Waals surface area contributed by atoms with Gasteiger partial charge in [-0.25, -0.2) is 4.39 Å². The van der Waals surface area contributed by atoms with E-state index in [2.05, 4.69) is 6.92 Å². The lowest BCUT2D eigenvalue weighted by atomic mass is 9.90. The summed E-state index contributed by atoms with van der Waals surface area (Å²) in [6, 6.07) is 6.21. The highest BCUT2D eigenvalue weighted by Gasteiger charge is 2.18. The number of halogens is 1. The van der Waals surface area contributed by atoms with Crippen LogP contribution >= 0.6 is 0 Å². The summed E-state index contributed by atoms with van der Waals surface area (Å²) in [5, 5.41) is 9.99. The minimum Gasteiger partial charge on any atom is -0.392 e. The largest absolute Gasteiger partial charge is 0.392 e. The van der Waals surface area contributed by atoms with Gasteiger partial charge in [0.1, 0.15) is 5.82 Å². The molecular weight excluding hydrogens is 205 g/mol. The van der Waals surface area contributed by atoms with Crippen molar-refractivity contribution >= 4 is 0 Å². The van der Waals surface area contributed by atoms with E-state index in [0.717, 1.165) is 24.8 Å². The Morgan fingerprint density at radius 1 is 1.31 bits per heavy atom. The Kier molecular flexibility index (Phi) is 5.43. The van der Waals surface area contributed by atoms with Gasteiger partial charge in [0, 0.05) is 12.5 Å². The predicted molar refractivity (Wildman–Crippen MR) is 63.7 cm³/mol. The quantitative estimate of drug-likeness (QED) is 0.781. The molecule has 0 aromatic heterocycles. The van der Waals surface area contributed by atoms with E-state index in [1.54, 1.807) is 12.1 Å². The molecule has 0 aliphatic heterocycles. The minimum absolute atomic E-state index is 0.0906. The average Bonchev–Trinajstić information content (AvgIpc) is 2.30. The Morgan fingerprint density at radius 3 is 2.44 bits per heavy atom. The van der Waals surface area contributed by atoms with Crippen molar-refractivity contribution < 1.29 is 9.50 Å². The van der Waals surface area contributed by atoms with Crippen molar-refractivity contribution in [3.63, 3.8) is 0 Å². The molecule has 0 saturated heterocycles. The van der Waals surface area contributed by atoms with E-state index in [1.165, 1.54) is 12.1 Å². The normalized spacial score (nSPS) is 14.8. The number of benzene rings is 1. The van der Waals surface area contributed by atoms with Crippen molar-refractivity contribution in [2.75, 3.05) is 6.54 Å². The summed E-state index contributed by atoms with van der Waals surface area (Å²) >= 11 is 0. The van der Waals surface area contributed by atoms with E-state index < -0.39 is 6.10 Å². The van der Waals surface area contributed by atoms with E-state index in [4.69, 9.17) is 5.73 Å². The summed E-state index contributed by atoms with van der Waals surface area (Å²) in [4.78, 5) is 0. The van der Waals surface area contributed by atoms with E-state index >= 15 is 0 Å². The Morgan fingerprint density at radius 2 is 1.94 bits per heavy atom. The molecule has 0 aliphatic rings. The number of aliphatic hydroxyl groups is 1. The van der Waals surface area contributed by atoms with E-state index in [0.29, 0.717) is 6.54 Å². The first-order valence-corrected chi connectivity index (χ1v) is 5.82. The van der Waals surface area contributed by atoms with Gasteiger partial charge >= 0.3 is 0 Å². The van der Waals surface area contributed by atoms with Crippen LogP contribution in [0.15, 0.2) is 24.3 Å². The molecule has 0 radical (unpaired) electrons. The molecule has 0 amide bonds. The fourth-order valence-corrected chi connectivity index (χ4v) is 1.84. The van der Waals surface area contributed by atoms with Gasteiger partial charge in [0.05, 0.1) is 6.10 Å². The zero-order valence-corrected chi connectivity index (χ0v) is 9.70. The van der Waals surface area contributed by atoms with E-state index in [9.17, 15) is 9.50 Å². The molecule has 0 spiro atoms. The number of nitrogens with two attached hydrogens (primary N) is 1. The summed E-state index contributed by atoms with van der Waals surface area (Å²) < 4.78 is 12.8. The van der Waals surface area contributed by atoms with Crippen molar-refractivity contribution in [2.45, 2.75) is 38.2 Å². The second-order valence-corrected chi connectivity index (χ2v) is 4.10. The fraction of sp³-hybridized carbons (Fsp3) is 0.538. The summed E-state index contributed by atoms with van der Waals surface area (Å²) in [5.41, 5.74) is 6.57. The number of aliphatic hydroxyl groups excluding tert-OH is 1. The molecule has 90 valence electrons. The molecule has 0 bridgehead atoms. The lowest BCUT2D eigenvalue weighted by Gasteiger charge is -2.21. The third kappa shape index (κ3) is 3.58. The fourth-order valence-electron chi connectivity index (χ4n) is 1.84. The SMILES string of the molecule is CCCCC(O)C(CN)c1ccc(F)cc1. The lowest BCUT2D eigenvalue weighted by Crippen LogP contribution is -2.25. The third-order valence-electron chi connectivity index (χ3n) is 2.87. The number of hydrogen-bond donors (Lipinski definition) is 2. The zero-order chi connectivity index (χ0) is 12.0. The molecule has 2 unspecified atom stereocenters. The molecule has 0 fully saturated rings. The van der Waals surface area contributed by atoms with Gasteiger partial charge in [-0.05, 0) is 24.1 Å². The van der Waals surface area contributed by atoms with Crippen LogP contribution in [-0.4, -0.2) is 17.8 Å². The lowest BCUT2D eigenvalue weighted by molar-refractivity contribution is 0.133. The van der Waals surface area contributed by atoms with Crippen LogP contribution in [0.25, 0.3) is 0 Å². The molecule has 0 saturated carbocycles. The Bertz CT molecular complexity index is 299. The summed E-state index contributed by atoms with van der Waals surface area (Å²) in [6.07, 6.45) is 2.35. The molecule has 3 heteroatoms. The maximum atomic E-state index is 12.8. The molecule has 2 nitrogen and oxygen atoms in total. The van der Waals surface area contributed by atoms with Crippen LogP contribution in [0.2, 0.25) is 0 Å². The van der Waals surface area contributed by atoms with Gasteiger partial charge in [-0.15, -0.1) is 0 Å². The topological polar surface area (TPSA) is 46.2 Å². The highest BCUT2D eigenvalue weighted by molar-refractivity contribution is 5.22. The molecule has 0 heterocycles. The van der Waals surface area contributed by atoms with Crippen LogP contribution in [0.5, 0.6) is 0 Å². The zero-order valence-electron chi connectivity index (χ0n) is 9.70. The standard InChI is InChI=1S/C13H20FNO/c1-2-3-4-13(16)12(9-15)10-5-7-11(14)8-6-10/h5-8,12-13,16H,2-4,9,15H2,1H3. The Hall–Kier alpha value is -0.930. The van der Waals surface area contributed by atoms with Gasteiger partial charge in [0.15, 0.2) is 0 Å². The van der Waals surface area contributed by atoms with Crippen LogP contribution in [0.4, 0.5) is 4.39 Å². The van der Waals surface area contributed by atoms with Crippen molar-refractivity contribution in [1.29, 1.82) is 0 Å². The van der Waals surface area contributed by atoms with Crippen molar-refractivity contribution in [3.8, 4) is 0 Å². The maximum absolute atomic E-state index is 12.8. The Balaban J connectivity index is 2.69. The number of rotatable bonds is 6. The third-order valence-corrected chi connectivity index (χ3v) is 2.87. The average molecular weight is 225 g/mol. The summed E-state index contributed by atoms with van der Waals surface area (Å²) in [7, 11) is 0. The van der Waals surface area contributed by atoms with Gasteiger partial charge in [0.25, 0.3) is 0 Å². The van der Waals surface area contributed by atoms with Crippen LogP contribution in [0.3, 0.4) is 0 Å². The molecule has 1 rings (SSSR count). The highest BCUT2D eigenvalue weighted by atomic mass is 19.1. The minimum atomic E-state index is -0.435. The molecule has 1 aromatic rings. The second kappa shape index (κ2) is 6.61. The molecule has 1 aromatic carbocycles. The van der Waals surface area contributed by atoms with Gasteiger partial charge in [-0.3, -0.25) is 0 Å². The predicted octanol–water partition coefficient (Wildman–Crippen LogP) is 2.42. The van der Waals surface area contributed by atoms with Crippen LogP contribution in [-0.2, 0) is 0 Å². The van der Waals surface area contributed by atoms with Crippen molar-refractivity contribution in [3.05, 3.63) is 35.6 Å². The van der Waals surface area contributed by atoms with Crippen molar-refractivity contribution in [1.82, 2.24) is 0 Å². The molecule has 3 N–H and O–H groups in total. The Labute approximate surface area is 96.3 Å². The summed E-state index contributed by atoms with van der Waals surface area (Å²) in [5.74, 6) is -0.352.